The molecule has 3 N–H and O–H groups in total. The smallest absolute Gasteiger partial charge is 0.328 e. The second-order valence-electron chi connectivity index (χ2n) is 11.0. The van der Waals surface area contributed by atoms with E-state index in [2.05, 4.69) is 4.98 Å². The standard InChI is InChI=1S/C33H32N2O7/c36-29(37)13-8-20-6-10-24(11-7-20)42-25-17-28(33(39)40)35(18-25)32(38)22-9-12-26-27(16-22)34-31(23-14-15-41-19-23)30(26)21-4-2-1-3-5-21/h6-16,19,21,25,28,34H,1-5,17-18H2,(H,36,37)(H,39,40)/b13-8+/t25-,28+/m1/s1. The van der Waals surface area contributed by atoms with E-state index in [-0.39, 0.29) is 18.9 Å². The first-order valence-corrected chi connectivity index (χ1v) is 14.3. The van der Waals surface area contributed by atoms with Gasteiger partial charge >= 0.3 is 11.9 Å². The molecule has 0 radical (unpaired) electrons. The second kappa shape index (κ2) is 11.6. The van der Waals surface area contributed by atoms with E-state index in [0.717, 1.165) is 41.1 Å². The van der Waals surface area contributed by atoms with Crippen molar-refractivity contribution in [1.82, 2.24) is 9.88 Å². The number of furan rings is 1. The minimum atomic E-state index is -1.08. The predicted molar refractivity (Wildman–Crippen MR) is 156 cm³/mol. The summed E-state index contributed by atoms with van der Waals surface area (Å²) in [7, 11) is 0. The SMILES string of the molecule is O=C(O)/C=C/c1ccc(O[C@@H]2C[C@@H](C(=O)O)N(C(=O)c3ccc4c(C5CCCCC5)c(-c5ccoc5)[nH]c4c3)C2)cc1. The normalized spacial score (nSPS) is 19.5. The number of carbonyl (C=O) groups excluding carboxylic acids is 1. The van der Waals surface area contributed by atoms with Gasteiger partial charge in [-0.25, -0.2) is 9.59 Å². The Labute approximate surface area is 242 Å². The van der Waals surface area contributed by atoms with Gasteiger partial charge in [0.1, 0.15) is 17.9 Å². The molecule has 2 aromatic heterocycles. The molecule has 6 rings (SSSR count). The highest BCUT2D eigenvalue weighted by atomic mass is 16.5. The lowest BCUT2D eigenvalue weighted by atomic mass is 9.82. The Hall–Kier alpha value is -4.79. The maximum atomic E-state index is 13.7. The van der Waals surface area contributed by atoms with Crippen LogP contribution in [0.5, 0.6) is 5.75 Å². The van der Waals surface area contributed by atoms with Crippen molar-refractivity contribution in [2.24, 2.45) is 0 Å². The van der Waals surface area contributed by atoms with Crippen molar-refractivity contribution in [2.45, 2.75) is 56.6 Å². The summed E-state index contributed by atoms with van der Waals surface area (Å²) in [6.07, 6.45) is 11.4. The molecule has 2 aromatic carbocycles. The summed E-state index contributed by atoms with van der Waals surface area (Å²) in [5, 5.41) is 19.8. The molecule has 1 saturated carbocycles. The zero-order valence-electron chi connectivity index (χ0n) is 23.0. The Kier molecular flexibility index (Phi) is 7.56. The maximum Gasteiger partial charge on any atom is 0.328 e. The van der Waals surface area contributed by atoms with Gasteiger partial charge in [0.05, 0.1) is 24.8 Å². The van der Waals surface area contributed by atoms with Crippen LogP contribution in [0.2, 0.25) is 0 Å². The number of aromatic amines is 1. The first-order chi connectivity index (χ1) is 20.4. The number of nitrogens with one attached hydrogen (secondary N) is 1. The number of hydrogen-bond acceptors (Lipinski definition) is 5. The Balaban J connectivity index is 1.24. The maximum absolute atomic E-state index is 13.7. The van der Waals surface area contributed by atoms with Crippen molar-refractivity contribution < 1.29 is 33.8 Å². The summed E-state index contributed by atoms with van der Waals surface area (Å²) >= 11 is 0. The molecule has 1 amide bonds. The van der Waals surface area contributed by atoms with Crippen LogP contribution in [0.4, 0.5) is 0 Å². The van der Waals surface area contributed by atoms with Crippen molar-refractivity contribution in [3.63, 3.8) is 0 Å². The number of likely N-dealkylation sites (tertiary alicyclic amines) is 1. The lowest BCUT2D eigenvalue weighted by molar-refractivity contribution is -0.141. The Morgan fingerprint density at radius 1 is 1.00 bits per heavy atom. The molecule has 9 nitrogen and oxygen atoms in total. The van der Waals surface area contributed by atoms with Crippen LogP contribution in [0.3, 0.4) is 0 Å². The van der Waals surface area contributed by atoms with Gasteiger partial charge in [-0.1, -0.05) is 37.5 Å². The Morgan fingerprint density at radius 3 is 2.48 bits per heavy atom. The molecule has 2 atom stereocenters. The molecular weight excluding hydrogens is 536 g/mol. The number of rotatable bonds is 8. The van der Waals surface area contributed by atoms with E-state index in [1.165, 1.54) is 35.8 Å². The third-order valence-electron chi connectivity index (χ3n) is 8.32. The molecule has 9 heteroatoms. The van der Waals surface area contributed by atoms with Gasteiger partial charge in [0, 0.05) is 34.5 Å². The zero-order valence-corrected chi connectivity index (χ0v) is 23.0. The van der Waals surface area contributed by atoms with Gasteiger partial charge in [-0.15, -0.1) is 0 Å². The monoisotopic (exact) mass is 568 g/mol. The van der Waals surface area contributed by atoms with E-state index in [4.69, 9.17) is 14.3 Å². The fourth-order valence-electron chi connectivity index (χ4n) is 6.33. The van der Waals surface area contributed by atoms with E-state index < -0.39 is 24.1 Å². The van der Waals surface area contributed by atoms with Crippen LogP contribution in [0.15, 0.2) is 71.6 Å². The number of benzene rings is 2. The molecule has 2 fully saturated rings. The zero-order chi connectivity index (χ0) is 29.2. The molecule has 0 spiro atoms. The van der Waals surface area contributed by atoms with Gasteiger partial charge in [-0.05, 0) is 66.3 Å². The third-order valence-corrected chi connectivity index (χ3v) is 8.32. The van der Waals surface area contributed by atoms with Crippen LogP contribution in [0.25, 0.3) is 28.2 Å². The van der Waals surface area contributed by atoms with E-state index in [1.807, 2.05) is 18.2 Å². The number of amides is 1. The number of nitrogens with zero attached hydrogens (tertiary/aromatic N) is 1. The van der Waals surface area contributed by atoms with Gasteiger partial charge in [-0.3, -0.25) is 4.79 Å². The van der Waals surface area contributed by atoms with Gasteiger partial charge in [-0.2, -0.15) is 0 Å². The van der Waals surface area contributed by atoms with Crippen LogP contribution in [-0.4, -0.2) is 56.6 Å². The number of aliphatic carboxylic acids is 2. The van der Waals surface area contributed by atoms with Gasteiger partial charge in [0.25, 0.3) is 5.91 Å². The van der Waals surface area contributed by atoms with E-state index in [0.29, 0.717) is 22.8 Å². The van der Waals surface area contributed by atoms with Crippen molar-refractivity contribution in [2.75, 3.05) is 6.54 Å². The van der Waals surface area contributed by atoms with Gasteiger partial charge in [0.2, 0.25) is 0 Å². The minimum Gasteiger partial charge on any atom is -0.488 e. The molecule has 0 unspecified atom stereocenters. The first-order valence-electron chi connectivity index (χ1n) is 14.3. The summed E-state index contributed by atoms with van der Waals surface area (Å²) in [6, 6.07) is 13.3. The molecule has 0 bridgehead atoms. The average molecular weight is 569 g/mol. The molecule has 1 saturated heterocycles. The number of carboxylic acid groups (broad SMARTS) is 2. The molecule has 216 valence electrons. The highest BCUT2D eigenvalue weighted by Crippen LogP contribution is 2.42. The molecule has 2 aliphatic rings. The third kappa shape index (κ3) is 5.54. The summed E-state index contributed by atoms with van der Waals surface area (Å²) in [6.45, 7) is 0.132. The van der Waals surface area contributed by atoms with Crippen molar-refractivity contribution in [3.8, 4) is 17.0 Å². The fraction of sp³-hybridized carbons (Fsp3) is 0.303. The number of aromatic nitrogens is 1. The summed E-state index contributed by atoms with van der Waals surface area (Å²) < 4.78 is 11.4. The Morgan fingerprint density at radius 2 is 1.79 bits per heavy atom. The van der Waals surface area contributed by atoms with Crippen molar-refractivity contribution in [3.05, 3.63) is 83.8 Å². The molecular formula is C33H32N2O7. The Bertz CT molecular complexity index is 1630. The molecule has 1 aliphatic carbocycles. The molecule has 4 aromatic rings. The minimum absolute atomic E-state index is 0.132. The van der Waals surface area contributed by atoms with Crippen LogP contribution >= 0.6 is 0 Å². The summed E-state index contributed by atoms with van der Waals surface area (Å²) in [5.41, 5.74) is 5.19. The molecule has 1 aliphatic heterocycles. The van der Waals surface area contributed by atoms with Gasteiger partial charge < -0.3 is 29.3 Å². The number of carboxylic acids is 2. The predicted octanol–water partition coefficient (Wildman–Crippen LogP) is 6.32. The highest BCUT2D eigenvalue weighted by molar-refractivity contribution is 6.01. The summed E-state index contributed by atoms with van der Waals surface area (Å²) in [5.74, 6) is -1.53. The number of hydrogen-bond donors (Lipinski definition) is 3. The average Bonchev–Trinajstić information content (AvgIpc) is 3.75. The molecule has 42 heavy (non-hydrogen) atoms. The fourth-order valence-corrected chi connectivity index (χ4v) is 6.33. The van der Waals surface area contributed by atoms with Crippen LogP contribution in [0.1, 0.15) is 65.9 Å². The topological polar surface area (TPSA) is 133 Å². The largest absolute Gasteiger partial charge is 0.488 e. The number of fused-ring (bicyclic) bond motifs is 1. The quantitative estimate of drug-likeness (QED) is 0.212. The first kappa shape index (κ1) is 27.4. The number of H-pyrrole nitrogens is 1. The lowest BCUT2D eigenvalue weighted by Gasteiger charge is -2.23. The number of carbonyl (C=O) groups is 3. The highest BCUT2D eigenvalue weighted by Gasteiger charge is 2.41. The molecule has 3 heterocycles. The second-order valence-corrected chi connectivity index (χ2v) is 11.0. The van der Waals surface area contributed by atoms with Crippen LogP contribution < -0.4 is 4.74 Å². The van der Waals surface area contributed by atoms with Crippen LogP contribution in [-0.2, 0) is 9.59 Å². The lowest BCUT2D eigenvalue weighted by Crippen LogP contribution is -2.40. The van der Waals surface area contributed by atoms with E-state index >= 15 is 0 Å². The summed E-state index contributed by atoms with van der Waals surface area (Å²) in [4.78, 5) is 41.5. The van der Waals surface area contributed by atoms with Crippen molar-refractivity contribution >= 4 is 34.8 Å². The number of ether oxygens (including phenoxy) is 1. The van der Waals surface area contributed by atoms with Crippen molar-refractivity contribution in [1.29, 1.82) is 0 Å². The van der Waals surface area contributed by atoms with E-state index in [1.54, 1.807) is 42.9 Å². The van der Waals surface area contributed by atoms with Crippen LogP contribution in [0, 0.1) is 0 Å². The van der Waals surface area contributed by atoms with Gasteiger partial charge in [0.15, 0.2) is 0 Å². The van der Waals surface area contributed by atoms with E-state index in [9.17, 15) is 19.5 Å².